The molecular weight excluding hydrogens is 156 g/mol. The average Bonchev–Trinajstić information content (AvgIpc) is 2.21. The first-order chi connectivity index (χ1) is 6.45. The Balaban J connectivity index is 1.69. The molecule has 0 aromatic rings. The molecular formula is C13H22. The zero-order valence-corrected chi connectivity index (χ0v) is 8.67. The Morgan fingerprint density at radius 3 is 1.69 bits per heavy atom. The van der Waals surface area contributed by atoms with Crippen LogP contribution in [-0.2, 0) is 0 Å². The number of rotatable bonds is 2. The highest BCUT2D eigenvalue weighted by atomic mass is 14.3. The molecule has 13 heavy (non-hydrogen) atoms. The van der Waals surface area contributed by atoms with Crippen molar-refractivity contribution in [2.24, 2.45) is 11.8 Å². The maximum absolute atomic E-state index is 2.59. The quantitative estimate of drug-likeness (QED) is 0.595. The summed E-state index contributed by atoms with van der Waals surface area (Å²) in [5.74, 6) is 1.93. The molecule has 0 saturated heterocycles. The van der Waals surface area contributed by atoms with Crippen molar-refractivity contribution >= 4 is 0 Å². The van der Waals surface area contributed by atoms with Gasteiger partial charge in [0.15, 0.2) is 0 Å². The van der Waals surface area contributed by atoms with E-state index in [1.165, 1.54) is 57.8 Å². The SMILES string of the molecule is [CH]1CCCCC1CC1[CH]CCCC1. The van der Waals surface area contributed by atoms with Crippen LogP contribution in [0.3, 0.4) is 0 Å². The first-order valence-corrected chi connectivity index (χ1v) is 6.12. The monoisotopic (exact) mass is 178 g/mol. The summed E-state index contributed by atoms with van der Waals surface area (Å²) in [7, 11) is 0. The van der Waals surface area contributed by atoms with Crippen molar-refractivity contribution in [1.82, 2.24) is 0 Å². The second-order valence-corrected chi connectivity index (χ2v) is 4.80. The molecule has 2 saturated carbocycles. The van der Waals surface area contributed by atoms with Crippen molar-refractivity contribution in [3.05, 3.63) is 12.8 Å². The van der Waals surface area contributed by atoms with Crippen molar-refractivity contribution in [2.45, 2.75) is 57.8 Å². The molecule has 2 unspecified atom stereocenters. The Morgan fingerprint density at radius 1 is 0.769 bits per heavy atom. The topological polar surface area (TPSA) is 0 Å². The van der Waals surface area contributed by atoms with E-state index in [0.717, 1.165) is 11.8 Å². The second kappa shape index (κ2) is 5.02. The van der Waals surface area contributed by atoms with Crippen molar-refractivity contribution in [2.75, 3.05) is 0 Å². The van der Waals surface area contributed by atoms with Crippen molar-refractivity contribution in [1.29, 1.82) is 0 Å². The van der Waals surface area contributed by atoms with E-state index in [2.05, 4.69) is 12.8 Å². The average molecular weight is 178 g/mol. The molecule has 0 aromatic carbocycles. The fraction of sp³-hybridized carbons (Fsp3) is 0.846. The van der Waals surface area contributed by atoms with Crippen LogP contribution in [0.4, 0.5) is 0 Å². The second-order valence-electron chi connectivity index (χ2n) is 4.80. The molecule has 2 atom stereocenters. The predicted octanol–water partition coefficient (Wildman–Crippen LogP) is 4.17. The first kappa shape index (κ1) is 9.55. The number of hydrogen-bond acceptors (Lipinski definition) is 0. The Bertz CT molecular complexity index is 111. The molecule has 0 heterocycles. The van der Waals surface area contributed by atoms with Gasteiger partial charge in [0, 0.05) is 0 Å². The van der Waals surface area contributed by atoms with Crippen LogP contribution in [0.2, 0.25) is 0 Å². The molecule has 0 aromatic heterocycles. The van der Waals surface area contributed by atoms with E-state index in [0.29, 0.717) is 0 Å². The summed E-state index contributed by atoms with van der Waals surface area (Å²) in [5, 5.41) is 0. The van der Waals surface area contributed by atoms with Crippen LogP contribution >= 0.6 is 0 Å². The Kier molecular flexibility index (Phi) is 3.69. The van der Waals surface area contributed by atoms with Crippen molar-refractivity contribution in [3.8, 4) is 0 Å². The van der Waals surface area contributed by atoms with E-state index in [-0.39, 0.29) is 0 Å². The van der Waals surface area contributed by atoms with Crippen molar-refractivity contribution in [3.63, 3.8) is 0 Å². The van der Waals surface area contributed by atoms with E-state index in [1.54, 1.807) is 0 Å². The van der Waals surface area contributed by atoms with Crippen LogP contribution in [0.5, 0.6) is 0 Å². The number of hydrogen-bond donors (Lipinski definition) is 0. The highest BCUT2D eigenvalue weighted by molar-refractivity contribution is 4.88. The zero-order valence-electron chi connectivity index (χ0n) is 8.67. The summed E-state index contributed by atoms with van der Waals surface area (Å²) >= 11 is 0. The summed E-state index contributed by atoms with van der Waals surface area (Å²) < 4.78 is 0. The minimum atomic E-state index is 0.966. The maximum atomic E-state index is 2.59. The van der Waals surface area contributed by atoms with E-state index < -0.39 is 0 Å². The van der Waals surface area contributed by atoms with Gasteiger partial charge in [-0.1, -0.05) is 38.5 Å². The maximum Gasteiger partial charge on any atom is -0.0355 e. The zero-order chi connectivity index (χ0) is 8.93. The lowest BCUT2D eigenvalue weighted by atomic mass is 9.78. The highest BCUT2D eigenvalue weighted by Crippen LogP contribution is 2.33. The summed E-state index contributed by atoms with van der Waals surface area (Å²) in [6.45, 7) is 0. The highest BCUT2D eigenvalue weighted by Gasteiger charge is 2.20. The Labute approximate surface area is 83.1 Å². The van der Waals surface area contributed by atoms with Crippen LogP contribution in [0.15, 0.2) is 0 Å². The van der Waals surface area contributed by atoms with Gasteiger partial charge in [-0.2, -0.15) is 0 Å². The lowest BCUT2D eigenvalue weighted by Gasteiger charge is -2.28. The molecule has 2 aliphatic rings. The third-order valence-electron chi connectivity index (χ3n) is 3.66. The molecule has 74 valence electrons. The van der Waals surface area contributed by atoms with Gasteiger partial charge < -0.3 is 0 Å². The van der Waals surface area contributed by atoms with Crippen LogP contribution in [0.1, 0.15) is 57.8 Å². The molecule has 2 radical (unpaired) electrons. The lowest BCUT2D eigenvalue weighted by Crippen LogP contribution is -2.15. The van der Waals surface area contributed by atoms with E-state index >= 15 is 0 Å². The van der Waals surface area contributed by atoms with Gasteiger partial charge >= 0.3 is 0 Å². The molecule has 0 bridgehead atoms. The molecule has 2 rings (SSSR count). The Morgan fingerprint density at radius 2 is 1.31 bits per heavy atom. The molecule has 0 aliphatic heterocycles. The molecule has 0 nitrogen and oxygen atoms in total. The van der Waals surface area contributed by atoms with Gasteiger partial charge in [-0.25, -0.2) is 0 Å². The van der Waals surface area contributed by atoms with Gasteiger partial charge in [-0.05, 0) is 43.9 Å². The van der Waals surface area contributed by atoms with E-state index in [4.69, 9.17) is 0 Å². The first-order valence-electron chi connectivity index (χ1n) is 6.12. The molecule has 0 N–H and O–H groups in total. The molecule has 2 fully saturated rings. The largest absolute Gasteiger partial charge is 0.0530 e. The van der Waals surface area contributed by atoms with Crippen LogP contribution in [-0.4, -0.2) is 0 Å². The molecule has 0 heteroatoms. The molecule has 0 amide bonds. The van der Waals surface area contributed by atoms with E-state index in [9.17, 15) is 0 Å². The summed E-state index contributed by atoms with van der Waals surface area (Å²) in [6, 6.07) is 0. The van der Waals surface area contributed by atoms with Gasteiger partial charge in [-0.3, -0.25) is 0 Å². The minimum Gasteiger partial charge on any atom is -0.0530 e. The molecule has 2 aliphatic carbocycles. The van der Waals surface area contributed by atoms with Gasteiger partial charge in [-0.15, -0.1) is 0 Å². The third kappa shape index (κ3) is 3.00. The van der Waals surface area contributed by atoms with Crippen LogP contribution < -0.4 is 0 Å². The summed E-state index contributed by atoms with van der Waals surface area (Å²) in [4.78, 5) is 0. The summed E-state index contributed by atoms with van der Waals surface area (Å²) in [5.41, 5.74) is 0. The molecule has 0 spiro atoms. The van der Waals surface area contributed by atoms with Crippen LogP contribution in [0.25, 0.3) is 0 Å². The fourth-order valence-electron chi connectivity index (χ4n) is 2.86. The van der Waals surface area contributed by atoms with Gasteiger partial charge in [0.25, 0.3) is 0 Å². The lowest BCUT2D eigenvalue weighted by molar-refractivity contribution is 0.328. The van der Waals surface area contributed by atoms with Gasteiger partial charge in [0.05, 0.1) is 0 Å². The normalized spacial score (nSPS) is 27.7. The fourth-order valence-corrected chi connectivity index (χ4v) is 2.86. The van der Waals surface area contributed by atoms with Gasteiger partial charge in [0.1, 0.15) is 0 Å². The van der Waals surface area contributed by atoms with Gasteiger partial charge in [0.2, 0.25) is 0 Å². The minimum absolute atomic E-state index is 0.966. The van der Waals surface area contributed by atoms with E-state index in [1.807, 2.05) is 0 Å². The summed E-state index contributed by atoms with van der Waals surface area (Å²) in [6.07, 6.45) is 18.2. The predicted molar refractivity (Wildman–Crippen MR) is 57.1 cm³/mol. The third-order valence-corrected chi connectivity index (χ3v) is 3.66. The Hall–Kier alpha value is 0. The smallest absolute Gasteiger partial charge is 0.0355 e. The van der Waals surface area contributed by atoms with Crippen LogP contribution in [0, 0.1) is 24.7 Å². The van der Waals surface area contributed by atoms with Crippen molar-refractivity contribution < 1.29 is 0 Å². The standard InChI is InChI=1S/C13H22/c1-3-7-12(8-4-1)11-13-9-5-2-6-10-13/h7,9,12-13H,1-6,8,10-11H2.